The van der Waals surface area contributed by atoms with Gasteiger partial charge in [0.15, 0.2) is 0 Å². The molecule has 0 spiro atoms. The second kappa shape index (κ2) is 14.0. The maximum absolute atomic E-state index is 14.3. The fourth-order valence-corrected chi connectivity index (χ4v) is 9.11. The number of ether oxygens (including phenoxy) is 2. The van der Waals surface area contributed by atoms with Crippen LogP contribution in [0.25, 0.3) is 55.1 Å². The molecule has 0 saturated heterocycles. The Hall–Kier alpha value is -6.12. The summed E-state index contributed by atoms with van der Waals surface area (Å²) in [6, 6.07) is 24.1. The van der Waals surface area contributed by atoms with E-state index in [9.17, 15) is 28.0 Å². The van der Waals surface area contributed by atoms with Crippen molar-refractivity contribution < 1.29 is 36.7 Å². The van der Waals surface area contributed by atoms with Gasteiger partial charge in [-0.1, -0.05) is 36.4 Å². The first kappa shape index (κ1) is 34.9. The fraction of sp³-hybridized carbons (Fsp3) is 0.100. The molecule has 0 aliphatic carbocycles. The van der Waals surface area contributed by atoms with E-state index in [0.29, 0.717) is 22.1 Å². The highest BCUT2D eigenvalue weighted by Crippen LogP contribution is 2.49. The number of halogens is 2. The van der Waals surface area contributed by atoms with E-state index < -0.39 is 34.8 Å². The van der Waals surface area contributed by atoms with Crippen LogP contribution in [-0.4, -0.2) is 34.3 Å². The molecule has 270 valence electrons. The van der Waals surface area contributed by atoms with Crippen LogP contribution in [0.15, 0.2) is 126 Å². The van der Waals surface area contributed by atoms with Crippen LogP contribution >= 0.6 is 21.6 Å². The number of benzene rings is 4. The van der Waals surface area contributed by atoms with Crippen LogP contribution in [0.2, 0.25) is 0 Å². The molecule has 8 aromatic rings. The van der Waals surface area contributed by atoms with Crippen LogP contribution in [-0.2, 0) is 9.47 Å². The van der Waals surface area contributed by atoms with Crippen molar-refractivity contribution in [3.8, 4) is 11.4 Å². The average Bonchev–Trinajstić information content (AvgIpc) is 3.67. The third-order valence-corrected chi connectivity index (χ3v) is 11.1. The SMILES string of the molecule is CCOC(=O)c1c(SSc2c(C(=O)OCC)c3c4ccccc4c(=O)oc3n2-c2ccc(F)cc2)n(-c2ccc(F)cc2)c2oc(=O)c3ccccc3c12. The summed E-state index contributed by atoms with van der Waals surface area (Å²) in [4.78, 5) is 54.8. The molecule has 0 N–H and O–H groups in total. The smallest absolute Gasteiger partial charge is 0.345 e. The predicted molar refractivity (Wildman–Crippen MR) is 202 cm³/mol. The van der Waals surface area contributed by atoms with Crippen LogP contribution in [0.1, 0.15) is 34.6 Å². The molecule has 4 aromatic heterocycles. The van der Waals surface area contributed by atoms with Gasteiger partial charge in [0.25, 0.3) is 0 Å². The molecule has 0 aliphatic rings. The van der Waals surface area contributed by atoms with Gasteiger partial charge in [0.1, 0.15) is 32.8 Å². The molecule has 0 aliphatic heterocycles. The zero-order valence-electron chi connectivity index (χ0n) is 28.4. The number of carbonyl (C=O) groups is 2. The Morgan fingerprint density at radius 2 is 0.926 bits per heavy atom. The molecule has 0 saturated carbocycles. The summed E-state index contributed by atoms with van der Waals surface area (Å²) in [6.07, 6.45) is 0. The van der Waals surface area contributed by atoms with Crippen LogP contribution in [0.4, 0.5) is 8.78 Å². The Bertz CT molecular complexity index is 2710. The third-order valence-electron chi connectivity index (χ3n) is 8.71. The largest absolute Gasteiger partial charge is 0.462 e. The van der Waals surface area contributed by atoms with Crippen molar-refractivity contribution in [2.45, 2.75) is 23.9 Å². The molecule has 0 amide bonds. The van der Waals surface area contributed by atoms with Crippen molar-refractivity contribution in [1.82, 2.24) is 9.13 Å². The van der Waals surface area contributed by atoms with Gasteiger partial charge in [-0.25, -0.2) is 28.0 Å². The van der Waals surface area contributed by atoms with Gasteiger partial charge >= 0.3 is 23.2 Å². The van der Waals surface area contributed by atoms with Crippen LogP contribution < -0.4 is 11.3 Å². The Balaban J connectivity index is 1.47. The molecule has 8 rings (SSSR count). The zero-order chi connectivity index (χ0) is 37.7. The molecule has 0 bridgehead atoms. The van der Waals surface area contributed by atoms with Gasteiger partial charge in [0.05, 0.1) is 34.8 Å². The van der Waals surface area contributed by atoms with E-state index in [-0.39, 0.29) is 67.4 Å². The molecule has 0 fully saturated rings. The van der Waals surface area contributed by atoms with Crippen molar-refractivity contribution in [1.29, 1.82) is 0 Å². The van der Waals surface area contributed by atoms with E-state index in [0.717, 1.165) is 21.6 Å². The van der Waals surface area contributed by atoms with Gasteiger partial charge in [-0.05, 0) is 96.1 Å². The van der Waals surface area contributed by atoms with Crippen molar-refractivity contribution >= 4 is 77.3 Å². The number of aromatic nitrogens is 2. The monoisotopic (exact) mass is 764 g/mol. The number of nitrogens with zero attached hydrogens (tertiary/aromatic N) is 2. The number of hydrogen-bond donors (Lipinski definition) is 0. The van der Waals surface area contributed by atoms with Gasteiger partial charge in [0.2, 0.25) is 11.4 Å². The minimum Gasteiger partial charge on any atom is -0.462 e. The van der Waals surface area contributed by atoms with E-state index in [1.54, 1.807) is 62.4 Å². The summed E-state index contributed by atoms with van der Waals surface area (Å²) in [6.45, 7) is 3.35. The Kier molecular flexibility index (Phi) is 9.07. The van der Waals surface area contributed by atoms with E-state index in [1.165, 1.54) is 57.7 Å². The van der Waals surface area contributed by atoms with Gasteiger partial charge in [0, 0.05) is 22.1 Å². The molecular weight excluding hydrogens is 739 g/mol. The number of rotatable bonds is 9. The molecule has 0 atom stereocenters. The second-order valence-corrected chi connectivity index (χ2v) is 13.9. The van der Waals surface area contributed by atoms with Gasteiger partial charge in [-0.2, -0.15) is 0 Å². The van der Waals surface area contributed by atoms with E-state index >= 15 is 0 Å². The fourth-order valence-electron chi connectivity index (χ4n) is 6.47. The van der Waals surface area contributed by atoms with Gasteiger partial charge < -0.3 is 18.3 Å². The lowest BCUT2D eigenvalue weighted by Crippen LogP contribution is -2.07. The summed E-state index contributed by atoms with van der Waals surface area (Å²) in [5.74, 6) is -2.50. The van der Waals surface area contributed by atoms with E-state index in [1.807, 2.05) is 0 Å². The Morgan fingerprint density at radius 3 is 1.28 bits per heavy atom. The quantitative estimate of drug-likeness (QED) is 0.104. The molecule has 10 nitrogen and oxygen atoms in total. The highest BCUT2D eigenvalue weighted by Gasteiger charge is 2.33. The van der Waals surface area contributed by atoms with E-state index in [4.69, 9.17) is 18.3 Å². The first-order chi connectivity index (χ1) is 26.2. The minimum atomic E-state index is -0.729. The van der Waals surface area contributed by atoms with E-state index in [2.05, 4.69) is 0 Å². The third kappa shape index (κ3) is 5.74. The summed E-state index contributed by atoms with van der Waals surface area (Å²) >= 11 is 0. The van der Waals surface area contributed by atoms with Crippen molar-refractivity contribution in [3.05, 3.63) is 141 Å². The van der Waals surface area contributed by atoms with Crippen molar-refractivity contribution in [2.24, 2.45) is 0 Å². The highest BCUT2D eigenvalue weighted by molar-refractivity contribution is 8.76. The molecule has 54 heavy (non-hydrogen) atoms. The molecule has 0 radical (unpaired) electrons. The normalized spacial score (nSPS) is 11.6. The lowest BCUT2D eigenvalue weighted by atomic mass is 10.1. The first-order valence-corrected chi connectivity index (χ1v) is 18.8. The lowest BCUT2D eigenvalue weighted by Gasteiger charge is -2.13. The van der Waals surface area contributed by atoms with Crippen molar-refractivity contribution in [2.75, 3.05) is 13.2 Å². The van der Waals surface area contributed by atoms with Crippen molar-refractivity contribution in [3.63, 3.8) is 0 Å². The second-order valence-electron chi connectivity index (χ2n) is 11.8. The number of fused-ring (bicyclic) bond motifs is 6. The summed E-state index contributed by atoms with van der Waals surface area (Å²) in [7, 11) is 2.01. The standard InChI is InChI=1S/C40H26F2N2O8S2/c1-3-49-39(47)31-29-25-9-5-7-11-27(25)37(45)51-33(29)43(23-17-13-21(41)14-18-23)35(31)53-54-36-32(40(48)50-4-2)30-26-10-6-8-12-28(26)38(46)52-34(30)44(36)24-19-15-22(42)16-20-24/h5-20H,3-4H2,1-2H3. The molecule has 4 aromatic carbocycles. The van der Waals surface area contributed by atoms with Crippen LogP contribution in [0, 0.1) is 11.6 Å². The predicted octanol–water partition coefficient (Wildman–Crippen LogP) is 9.22. The number of hydrogen-bond acceptors (Lipinski definition) is 10. The Labute approximate surface area is 311 Å². The first-order valence-electron chi connectivity index (χ1n) is 16.6. The zero-order valence-corrected chi connectivity index (χ0v) is 30.0. The highest BCUT2D eigenvalue weighted by atomic mass is 33.1. The topological polar surface area (TPSA) is 123 Å². The lowest BCUT2D eigenvalue weighted by molar-refractivity contribution is 0.0514. The molecule has 4 heterocycles. The average molecular weight is 765 g/mol. The van der Waals surface area contributed by atoms with Crippen LogP contribution in [0.3, 0.4) is 0 Å². The van der Waals surface area contributed by atoms with Gasteiger partial charge in [-0.15, -0.1) is 0 Å². The molecule has 14 heteroatoms. The summed E-state index contributed by atoms with van der Waals surface area (Å²) in [5.41, 5.74) is -0.542. The van der Waals surface area contributed by atoms with Gasteiger partial charge in [-0.3, -0.25) is 9.13 Å². The van der Waals surface area contributed by atoms with Crippen LogP contribution in [0.5, 0.6) is 0 Å². The maximum Gasteiger partial charge on any atom is 0.345 e. The summed E-state index contributed by atoms with van der Waals surface area (Å²) in [5, 5.41) is 2.24. The molecular formula is C40H26F2N2O8S2. The number of carbonyl (C=O) groups excluding carboxylic acids is 2. The number of esters is 2. The Morgan fingerprint density at radius 1 is 0.574 bits per heavy atom. The summed E-state index contributed by atoms with van der Waals surface area (Å²) < 4.78 is 54.5. The maximum atomic E-state index is 14.3. The molecule has 0 unspecified atom stereocenters. The minimum absolute atomic E-state index is 0.00172.